The Labute approximate surface area is 210 Å². The highest BCUT2D eigenvalue weighted by Crippen LogP contribution is 2.36. The summed E-state index contributed by atoms with van der Waals surface area (Å²) in [5.41, 5.74) is 3.84. The highest BCUT2D eigenvalue weighted by atomic mass is 32.2. The van der Waals surface area contributed by atoms with Gasteiger partial charge in [0.1, 0.15) is 11.9 Å². The first kappa shape index (κ1) is 25.6. The number of aromatic nitrogens is 2. The van der Waals surface area contributed by atoms with Crippen molar-refractivity contribution in [3.05, 3.63) is 66.0 Å². The fourth-order valence-corrected chi connectivity index (χ4v) is 4.61. The number of rotatable bonds is 7. The molecule has 0 aliphatic carbocycles. The third kappa shape index (κ3) is 6.60. The van der Waals surface area contributed by atoms with E-state index in [9.17, 15) is 22.8 Å². The Morgan fingerprint density at radius 3 is 2.39 bits per heavy atom. The molecule has 0 saturated carbocycles. The predicted octanol–water partition coefficient (Wildman–Crippen LogP) is 4.41. The van der Waals surface area contributed by atoms with Gasteiger partial charge in [0.15, 0.2) is 0 Å². The van der Waals surface area contributed by atoms with Crippen LogP contribution in [0.15, 0.2) is 59.8 Å². The van der Waals surface area contributed by atoms with E-state index in [2.05, 4.69) is 5.10 Å². The number of amides is 2. The molecule has 2 heterocycles. The van der Waals surface area contributed by atoms with Gasteiger partial charge in [0.05, 0.1) is 18.2 Å². The number of halogens is 3. The minimum absolute atomic E-state index is 0.0838. The van der Waals surface area contributed by atoms with E-state index < -0.39 is 11.4 Å². The van der Waals surface area contributed by atoms with E-state index >= 15 is 0 Å². The quantitative estimate of drug-likeness (QED) is 0.468. The van der Waals surface area contributed by atoms with Gasteiger partial charge >= 0.3 is 5.51 Å². The second-order valence-electron chi connectivity index (χ2n) is 8.54. The summed E-state index contributed by atoms with van der Waals surface area (Å²) in [6.07, 6.45) is 4.62. The van der Waals surface area contributed by atoms with Gasteiger partial charge in [-0.1, -0.05) is 18.2 Å². The van der Waals surface area contributed by atoms with Crippen LogP contribution in [-0.2, 0) is 18.3 Å². The Bertz CT molecular complexity index is 1240. The van der Waals surface area contributed by atoms with Crippen LogP contribution in [0.5, 0.6) is 5.75 Å². The average molecular weight is 519 g/mol. The Hall–Kier alpha value is -3.47. The van der Waals surface area contributed by atoms with Crippen LogP contribution < -0.4 is 10.5 Å². The Morgan fingerprint density at radius 2 is 1.81 bits per heavy atom. The summed E-state index contributed by atoms with van der Waals surface area (Å²) in [7, 11) is 1.81. The van der Waals surface area contributed by atoms with E-state index in [1.54, 1.807) is 47.1 Å². The van der Waals surface area contributed by atoms with Gasteiger partial charge < -0.3 is 15.4 Å². The molecule has 0 radical (unpaired) electrons. The molecule has 2 N–H and O–H groups in total. The summed E-state index contributed by atoms with van der Waals surface area (Å²) < 4.78 is 45.2. The molecule has 4 rings (SSSR count). The number of thioether (sulfide) groups is 1. The molecule has 2 amide bonds. The first-order chi connectivity index (χ1) is 17.1. The molecular formula is C25H25F3N4O3S. The van der Waals surface area contributed by atoms with Crippen LogP contribution in [0.4, 0.5) is 13.2 Å². The van der Waals surface area contributed by atoms with Crippen LogP contribution in [0.25, 0.3) is 11.1 Å². The maximum absolute atomic E-state index is 12.7. The fourth-order valence-electron chi connectivity index (χ4n) is 4.07. The lowest BCUT2D eigenvalue weighted by Gasteiger charge is -2.32. The Balaban J connectivity index is 1.32. The van der Waals surface area contributed by atoms with E-state index in [1.165, 1.54) is 12.1 Å². The van der Waals surface area contributed by atoms with Crippen LogP contribution in [0, 0.1) is 0 Å². The number of hydrogen-bond donors (Lipinski definition) is 1. The maximum atomic E-state index is 12.7. The van der Waals surface area contributed by atoms with Crippen molar-refractivity contribution < 1.29 is 27.5 Å². The third-order valence-electron chi connectivity index (χ3n) is 5.88. The zero-order valence-electron chi connectivity index (χ0n) is 19.5. The highest BCUT2D eigenvalue weighted by molar-refractivity contribution is 8.00. The Morgan fingerprint density at radius 1 is 1.11 bits per heavy atom. The van der Waals surface area contributed by atoms with E-state index in [4.69, 9.17) is 10.5 Å². The van der Waals surface area contributed by atoms with Gasteiger partial charge in [-0.3, -0.25) is 14.3 Å². The van der Waals surface area contributed by atoms with Crippen molar-refractivity contribution in [1.82, 2.24) is 14.7 Å². The zero-order valence-corrected chi connectivity index (χ0v) is 20.3. The second-order valence-corrected chi connectivity index (χ2v) is 9.68. The number of hydrogen-bond acceptors (Lipinski definition) is 5. The van der Waals surface area contributed by atoms with Gasteiger partial charge in [-0.2, -0.15) is 18.3 Å². The van der Waals surface area contributed by atoms with Crippen molar-refractivity contribution in [2.75, 3.05) is 13.1 Å². The van der Waals surface area contributed by atoms with Crippen molar-refractivity contribution in [3.63, 3.8) is 0 Å². The summed E-state index contributed by atoms with van der Waals surface area (Å²) in [5, 5.41) is 4.14. The van der Waals surface area contributed by atoms with Gasteiger partial charge in [-0.25, -0.2) is 0 Å². The summed E-state index contributed by atoms with van der Waals surface area (Å²) in [6.45, 7) is 0.955. The van der Waals surface area contributed by atoms with Crippen molar-refractivity contribution >= 4 is 23.6 Å². The van der Waals surface area contributed by atoms with Crippen LogP contribution in [0.3, 0.4) is 0 Å². The zero-order chi connectivity index (χ0) is 25.9. The van der Waals surface area contributed by atoms with Crippen LogP contribution in [0.2, 0.25) is 0 Å². The maximum Gasteiger partial charge on any atom is 0.446 e. The molecule has 190 valence electrons. The molecule has 1 aromatic heterocycles. The lowest BCUT2D eigenvalue weighted by atomic mass is 10.0. The molecule has 11 heteroatoms. The molecule has 3 aromatic rings. The van der Waals surface area contributed by atoms with E-state index in [0.29, 0.717) is 37.2 Å². The SMILES string of the molecule is Cn1cc(-c2ccc(OC3CCN(C(=O)Cc4ccc(SC(F)(F)F)cc4)CC3)c(C(N)=O)c2)cn1. The van der Waals surface area contributed by atoms with E-state index in [-0.39, 0.29) is 40.7 Å². The molecule has 0 atom stereocenters. The third-order valence-corrected chi connectivity index (χ3v) is 6.62. The number of nitrogens with two attached hydrogens (primary N) is 1. The normalized spacial score (nSPS) is 14.6. The summed E-state index contributed by atoms with van der Waals surface area (Å²) in [6, 6.07) is 11.1. The first-order valence-corrected chi connectivity index (χ1v) is 12.1. The number of piperidine rings is 1. The number of nitrogens with zero attached hydrogens (tertiary/aromatic N) is 3. The number of aryl methyl sites for hydroxylation is 1. The minimum Gasteiger partial charge on any atom is -0.489 e. The molecule has 1 fully saturated rings. The first-order valence-electron chi connectivity index (χ1n) is 11.3. The van der Waals surface area contributed by atoms with Crippen molar-refractivity contribution in [3.8, 4) is 16.9 Å². The molecule has 1 saturated heterocycles. The average Bonchev–Trinajstić information content (AvgIpc) is 3.26. The lowest BCUT2D eigenvalue weighted by Crippen LogP contribution is -2.42. The van der Waals surface area contributed by atoms with Gasteiger partial charge in [0.2, 0.25) is 5.91 Å². The largest absolute Gasteiger partial charge is 0.489 e. The minimum atomic E-state index is -4.34. The summed E-state index contributed by atoms with van der Waals surface area (Å²) in [5.74, 6) is -0.289. The van der Waals surface area contributed by atoms with Gasteiger partial charge in [0, 0.05) is 49.6 Å². The van der Waals surface area contributed by atoms with Crippen LogP contribution in [0.1, 0.15) is 28.8 Å². The van der Waals surface area contributed by atoms with Crippen LogP contribution in [-0.4, -0.2) is 51.2 Å². The molecule has 0 bridgehead atoms. The smallest absolute Gasteiger partial charge is 0.446 e. The molecule has 0 unspecified atom stereocenters. The number of ether oxygens (including phenoxy) is 1. The highest BCUT2D eigenvalue weighted by Gasteiger charge is 2.29. The number of carbonyl (C=O) groups is 2. The van der Waals surface area contributed by atoms with Gasteiger partial charge in [-0.05, 0) is 47.2 Å². The van der Waals surface area contributed by atoms with Crippen molar-refractivity contribution in [2.45, 2.75) is 35.8 Å². The monoisotopic (exact) mass is 518 g/mol. The number of primary amides is 1. The lowest BCUT2D eigenvalue weighted by molar-refractivity contribution is -0.132. The molecular weight excluding hydrogens is 493 g/mol. The van der Waals surface area contributed by atoms with Crippen LogP contribution >= 0.6 is 11.8 Å². The molecule has 2 aromatic carbocycles. The van der Waals surface area contributed by atoms with Gasteiger partial charge in [0.25, 0.3) is 5.91 Å². The van der Waals surface area contributed by atoms with E-state index in [0.717, 1.165) is 11.1 Å². The fraction of sp³-hybridized carbons (Fsp3) is 0.320. The molecule has 0 spiro atoms. The van der Waals surface area contributed by atoms with Crippen molar-refractivity contribution in [1.29, 1.82) is 0 Å². The summed E-state index contributed by atoms with van der Waals surface area (Å²) in [4.78, 5) is 26.6. The van der Waals surface area contributed by atoms with Gasteiger partial charge in [-0.15, -0.1) is 0 Å². The Kier molecular flexibility index (Phi) is 7.58. The topological polar surface area (TPSA) is 90.5 Å². The molecule has 1 aliphatic heterocycles. The number of benzene rings is 2. The number of carbonyl (C=O) groups excluding carboxylic acids is 2. The number of likely N-dealkylation sites (tertiary alicyclic amines) is 1. The number of alkyl halides is 3. The molecule has 36 heavy (non-hydrogen) atoms. The standard InChI is InChI=1S/C25H25F3N4O3S/c1-31-15-18(14-30-31)17-4-7-22(21(13-17)24(29)34)35-19-8-10-32(11-9-19)23(33)12-16-2-5-20(6-3-16)36-25(26,27)28/h2-7,13-15,19H,8-12H2,1H3,(H2,29,34). The van der Waals surface area contributed by atoms with Crippen molar-refractivity contribution in [2.24, 2.45) is 12.8 Å². The molecule has 7 nitrogen and oxygen atoms in total. The molecule has 1 aliphatic rings. The van der Waals surface area contributed by atoms with E-state index in [1.807, 2.05) is 12.3 Å². The summed E-state index contributed by atoms with van der Waals surface area (Å²) >= 11 is -0.181. The predicted molar refractivity (Wildman–Crippen MR) is 129 cm³/mol. The second kappa shape index (κ2) is 10.7.